The minimum Gasteiger partial charge on any atom is -0.381 e. The molecule has 3 rings (SSSR count). The number of ether oxygens (including phenoxy) is 1. The van der Waals surface area contributed by atoms with E-state index in [1.165, 1.54) is 0 Å². The van der Waals surface area contributed by atoms with Crippen molar-refractivity contribution in [3.8, 4) is 0 Å². The highest BCUT2D eigenvalue weighted by Gasteiger charge is 2.31. The molecule has 0 aliphatic carbocycles. The summed E-state index contributed by atoms with van der Waals surface area (Å²) < 4.78 is 5.35. The number of hydrogen-bond donors (Lipinski definition) is 1. The second-order valence-corrected chi connectivity index (χ2v) is 6.40. The van der Waals surface area contributed by atoms with Gasteiger partial charge >= 0.3 is 0 Å². The van der Waals surface area contributed by atoms with Gasteiger partial charge in [0, 0.05) is 52.1 Å². The third-order valence-electron chi connectivity index (χ3n) is 4.85. The van der Waals surface area contributed by atoms with Gasteiger partial charge in [-0.15, -0.1) is 0 Å². The van der Waals surface area contributed by atoms with Crippen molar-refractivity contribution in [3.05, 3.63) is 30.1 Å². The fourth-order valence-corrected chi connectivity index (χ4v) is 3.33. The number of carbonyl (C=O) groups is 1. The first-order valence-electron chi connectivity index (χ1n) is 8.48. The number of nitrogens with two attached hydrogens (primary N) is 1. The van der Waals surface area contributed by atoms with Crippen LogP contribution < -0.4 is 5.73 Å². The van der Waals surface area contributed by atoms with E-state index in [1.54, 1.807) is 0 Å². The van der Waals surface area contributed by atoms with Gasteiger partial charge in [0.15, 0.2) is 0 Å². The van der Waals surface area contributed by atoms with Crippen LogP contribution in [0.5, 0.6) is 0 Å². The fourth-order valence-electron chi connectivity index (χ4n) is 3.33. The van der Waals surface area contributed by atoms with Crippen LogP contribution in [0.2, 0.25) is 0 Å². The number of hydrogen-bond acceptors (Lipinski definition) is 5. The van der Waals surface area contributed by atoms with Crippen LogP contribution in [0.3, 0.4) is 0 Å². The zero-order valence-corrected chi connectivity index (χ0v) is 13.6. The van der Waals surface area contributed by atoms with E-state index >= 15 is 0 Å². The molecular weight excluding hydrogens is 292 g/mol. The van der Waals surface area contributed by atoms with E-state index in [-0.39, 0.29) is 17.9 Å². The van der Waals surface area contributed by atoms with Crippen molar-refractivity contribution in [2.45, 2.75) is 25.4 Å². The number of rotatable bonds is 4. The molecule has 1 aromatic rings. The highest BCUT2D eigenvalue weighted by Crippen LogP contribution is 2.19. The van der Waals surface area contributed by atoms with Crippen molar-refractivity contribution in [1.82, 2.24) is 14.8 Å². The van der Waals surface area contributed by atoms with E-state index in [9.17, 15) is 4.79 Å². The molecule has 2 N–H and O–H groups in total. The van der Waals surface area contributed by atoms with E-state index in [0.717, 1.165) is 64.5 Å². The molecule has 1 amide bonds. The lowest BCUT2D eigenvalue weighted by Gasteiger charge is -2.37. The van der Waals surface area contributed by atoms with E-state index in [0.29, 0.717) is 0 Å². The Kier molecular flexibility index (Phi) is 5.59. The largest absolute Gasteiger partial charge is 0.381 e. The summed E-state index contributed by atoms with van der Waals surface area (Å²) >= 11 is 0. The minimum atomic E-state index is -0.374. The van der Waals surface area contributed by atoms with E-state index < -0.39 is 0 Å². The summed E-state index contributed by atoms with van der Waals surface area (Å²) in [5.41, 5.74) is 7.29. The van der Waals surface area contributed by atoms with Gasteiger partial charge in [-0.05, 0) is 30.9 Å². The summed E-state index contributed by atoms with van der Waals surface area (Å²) in [7, 11) is 0. The molecular formula is C17H26N4O2. The molecule has 6 heteroatoms. The summed E-state index contributed by atoms with van der Waals surface area (Å²) in [6.07, 6.45) is 3.61. The van der Waals surface area contributed by atoms with Crippen LogP contribution >= 0.6 is 0 Å². The number of amides is 1. The van der Waals surface area contributed by atoms with Crippen LogP contribution in [0.1, 0.15) is 18.5 Å². The molecule has 1 aromatic heterocycles. The first kappa shape index (κ1) is 16.4. The van der Waals surface area contributed by atoms with Gasteiger partial charge in [-0.1, -0.05) is 6.07 Å². The lowest BCUT2D eigenvalue weighted by molar-refractivity contribution is -0.136. The van der Waals surface area contributed by atoms with Crippen molar-refractivity contribution >= 4 is 5.91 Å². The zero-order valence-electron chi connectivity index (χ0n) is 13.6. The van der Waals surface area contributed by atoms with Crippen LogP contribution in [0.25, 0.3) is 0 Å². The molecule has 1 atom stereocenters. The quantitative estimate of drug-likeness (QED) is 0.874. The number of piperazine rings is 1. The lowest BCUT2D eigenvalue weighted by Crippen LogP contribution is -2.55. The minimum absolute atomic E-state index is 0.106. The molecule has 0 saturated carbocycles. The Morgan fingerprint density at radius 2 is 2.00 bits per heavy atom. The Labute approximate surface area is 137 Å². The van der Waals surface area contributed by atoms with Gasteiger partial charge in [-0.2, -0.15) is 0 Å². The average molecular weight is 318 g/mol. The van der Waals surface area contributed by atoms with Gasteiger partial charge in [0.05, 0.1) is 11.7 Å². The second-order valence-electron chi connectivity index (χ2n) is 6.40. The number of aromatic nitrogens is 1. The molecule has 1 unspecified atom stereocenters. The zero-order chi connectivity index (χ0) is 16.1. The smallest absolute Gasteiger partial charge is 0.239 e. The Balaban J connectivity index is 1.47. The van der Waals surface area contributed by atoms with E-state index in [2.05, 4.69) is 9.88 Å². The molecule has 3 heterocycles. The Bertz CT molecular complexity index is 497. The van der Waals surface area contributed by atoms with Crippen molar-refractivity contribution in [2.75, 3.05) is 39.4 Å². The first-order valence-corrected chi connectivity index (χ1v) is 8.48. The topological polar surface area (TPSA) is 71.7 Å². The Morgan fingerprint density at radius 1 is 1.26 bits per heavy atom. The maximum absolute atomic E-state index is 12.6. The van der Waals surface area contributed by atoms with Gasteiger partial charge in [-0.25, -0.2) is 0 Å². The third-order valence-corrected chi connectivity index (χ3v) is 4.85. The van der Waals surface area contributed by atoms with Crippen molar-refractivity contribution < 1.29 is 9.53 Å². The van der Waals surface area contributed by atoms with Crippen LogP contribution in [0, 0.1) is 5.92 Å². The van der Waals surface area contributed by atoms with Crippen molar-refractivity contribution in [1.29, 1.82) is 0 Å². The van der Waals surface area contributed by atoms with Gasteiger partial charge < -0.3 is 15.4 Å². The summed E-state index contributed by atoms with van der Waals surface area (Å²) in [6, 6.07) is 5.60. The predicted octanol–water partition coefficient (Wildman–Crippen LogP) is 0.480. The summed E-state index contributed by atoms with van der Waals surface area (Å²) in [4.78, 5) is 21.2. The number of carbonyl (C=O) groups excluding carboxylic acids is 1. The molecule has 0 aromatic carbocycles. The first-order chi connectivity index (χ1) is 11.2. The lowest BCUT2D eigenvalue weighted by atomic mass is 9.91. The van der Waals surface area contributed by atoms with Gasteiger partial charge in [0.1, 0.15) is 0 Å². The maximum atomic E-state index is 12.6. The SMILES string of the molecule is NC(C(=O)N1CCN(Cc2ccccn2)CC1)C1CCOCC1. The van der Waals surface area contributed by atoms with Gasteiger partial charge in [0.2, 0.25) is 5.91 Å². The van der Waals surface area contributed by atoms with Crippen LogP contribution in [-0.4, -0.2) is 66.1 Å². The summed E-state index contributed by atoms with van der Waals surface area (Å²) in [5, 5.41) is 0. The Hall–Kier alpha value is -1.50. The van der Waals surface area contributed by atoms with Crippen molar-refractivity contribution in [3.63, 3.8) is 0 Å². The molecule has 2 fully saturated rings. The molecule has 2 aliphatic rings. The molecule has 23 heavy (non-hydrogen) atoms. The van der Waals surface area contributed by atoms with Crippen LogP contribution in [-0.2, 0) is 16.1 Å². The highest BCUT2D eigenvalue weighted by atomic mass is 16.5. The third kappa shape index (κ3) is 4.28. The average Bonchev–Trinajstić information content (AvgIpc) is 2.63. The van der Waals surface area contributed by atoms with Gasteiger partial charge in [0.25, 0.3) is 0 Å². The molecule has 126 valence electrons. The molecule has 6 nitrogen and oxygen atoms in total. The fraction of sp³-hybridized carbons (Fsp3) is 0.647. The van der Waals surface area contributed by atoms with E-state index in [4.69, 9.17) is 10.5 Å². The second kappa shape index (κ2) is 7.86. The normalized spacial score (nSPS) is 22.0. The molecule has 0 spiro atoms. The molecule has 2 aliphatic heterocycles. The standard InChI is InChI=1S/C17H26N4O2/c18-16(14-4-11-23-12-5-14)17(22)21-9-7-20(8-10-21)13-15-3-1-2-6-19-15/h1-3,6,14,16H,4-5,7-13,18H2. The molecule has 0 bridgehead atoms. The monoisotopic (exact) mass is 318 g/mol. The maximum Gasteiger partial charge on any atom is 0.239 e. The summed E-state index contributed by atoms with van der Waals surface area (Å²) in [5.74, 6) is 0.372. The molecule has 2 saturated heterocycles. The predicted molar refractivity (Wildman–Crippen MR) is 87.6 cm³/mol. The molecule has 0 radical (unpaired) electrons. The highest BCUT2D eigenvalue weighted by molar-refractivity contribution is 5.82. The van der Waals surface area contributed by atoms with Gasteiger partial charge in [-0.3, -0.25) is 14.7 Å². The Morgan fingerprint density at radius 3 is 2.65 bits per heavy atom. The van der Waals surface area contributed by atoms with Crippen LogP contribution in [0.15, 0.2) is 24.4 Å². The number of nitrogens with zero attached hydrogens (tertiary/aromatic N) is 3. The summed E-state index contributed by atoms with van der Waals surface area (Å²) in [6.45, 7) is 5.55. The van der Waals surface area contributed by atoms with Crippen LogP contribution in [0.4, 0.5) is 0 Å². The number of pyridine rings is 1. The van der Waals surface area contributed by atoms with Crippen molar-refractivity contribution in [2.24, 2.45) is 11.7 Å². The van der Waals surface area contributed by atoms with E-state index in [1.807, 2.05) is 29.3 Å².